The van der Waals surface area contributed by atoms with Crippen LogP contribution in [0.5, 0.6) is 5.75 Å². The first-order valence-corrected chi connectivity index (χ1v) is 5.41. The third-order valence-corrected chi connectivity index (χ3v) is 2.93. The Morgan fingerprint density at radius 3 is 2.22 bits per heavy atom. The largest absolute Gasteiger partial charge is 0.573 e. The predicted octanol–water partition coefficient (Wildman–Crippen LogP) is 2.38. The van der Waals surface area contributed by atoms with Gasteiger partial charge in [0.1, 0.15) is 5.75 Å². The van der Waals surface area contributed by atoms with E-state index in [9.17, 15) is 18.0 Å². The molecule has 1 heterocycles. The minimum absolute atomic E-state index is 0.0696. The number of hydrogen-bond donors (Lipinski definition) is 1. The van der Waals surface area contributed by atoms with Crippen LogP contribution in [0.2, 0.25) is 0 Å². The molecule has 1 aromatic carbocycles. The summed E-state index contributed by atoms with van der Waals surface area (Å²) in [7, 11) is 0. The summed E-state index contributed by atoms with van der Waals surface area (Å²) in [6.07, 6.45) is -4.71. The third kappa shape index (κ3) is 2.64. The molecular weight excluding hydrogens is 247 g/mol. The van der Waals surface area contributed by atoms with Gasteiger partial charge in [0, 0.05) is 18.7 Å². The number of rotatable bonds is 3. The molecule has 0 amide bonds. The van der Waals surface area contributed by atoms with Crippen molar-refractivity contribution in [3.05, 3.63) is 29.8 Å². The van der Waals surface area contributed by atoms with Crippen molar-refractivity contribution in [2.24, 2.45) is 5.41 Å². The van der Waals surface area contributed by atoms with Gasteiger partial charge < -0.3 is 10.1 Å². The highest BCUT2D eigenvalue weighted by atomic mass is 19.4. The van der Waals surface area contributed by atoms with Gasteiger partial charge in [-0.05, 0) is 31.2 Å². The molecule has 0 aliphatic carbocycles. The van der Waals surface area contributed by atoms with Crippen LogP contribution >= 0.6 is 0 Å². The fraction of sp³-hybridized carbons (Fsp3) is 0.417. The number of alkyl halides is 3. The topological polar surface area (TPSA) is 38.3 Å². The van der Waals surface area contributed by atoms with E-state index in [4.69, 9.17) is 0 Å². The molecule has 0 atom stereocenters. The molecule has 3 nitrogen and oxygen atoms in total. The molecule has 1 N–H and O–H groups in total. The van der Waals surface area contributed by atoms with Crippen LogP contribution in [-0.4, -0.2) is 25.2 Å². The standard InChI is InChI=1S/C12H12F3NO2/c1-11(6-16-7-11)10(17)8-2-4-9(5-3-8)18-12(13,14)15/h2-5,16H,6-7H2,1H3. The van der Waals surface area contributed by atoms with Gasteiger partial charge in [-0.2, -0.15) is 0 Å². The molecule has 1 aliphatic heterocycles. The maximum Gasteiger partial charge on any atom is 0.573 e. The molecule has 98 valence electrons. The van der Waals surface area contributed by atoms with Gasteiger partial charge >= 0.3 is 6.36 Å². The summed E-state index contributed by atoms with van der Waals surface area (Å²) in [5.74, 6) is -0.393. The molecule has 6 heteroatoms. The molecule has 0 saturated carbocycles. The normalized spacial score (nSPS) is 18.0. The zero-order valence-corrected chi connectivity index (χ0v) is 9.67. The zero-order chi connectivity index (χ0) is 13.4. The van der Waals surface area contributed by atoms with E-state index in [1.54, 1.807) is 0 Å². The molecular formula is C12H12F3NO2. The van der Waals surface area contributed by atoms with Gasteiger partial charge in [-0.1, -0.05) is 0 Å². The molecule has 1 saturated heterocycles. The van der Waals surface area contributed by atoms with Crippen molar-refractivity contribution in [1.82, 2.24) is 5.32 Å². The fourth-order valence-electron chi connectivity index (χ4n) is 1.82. The highest BCUT2D eigenvalue weighted by Gasteiger charge is 2.39. The van der Waals surface area contributed by atoms with Gasteiger partial charge in [-0.25, -0.2) is 0 Å². The smallest absolute Gasteiger partial charge is 0.406 e. The second-order valence-corrected chi connectivity index (χ2v) is 4.57. The van der Waals surface area contributed by atoms with Crippen molar-refractivity contribution in [2.45, 2.75) is 13.3 Å². The zero-order valence-electron chi connectivity index (χ0n) is 9.67. The summed E-state index contributed by atoms with van der Waals surface area (Å²) in [6, 6.07) is 5.01. The molecule has 0 radical (unpaired) electrons. The van der Waals surface area contributed by atoms with Crippen LogP contribution in [-0.2, 0) is 0 Å². The Morgan fingerprint density at radius 2 is 1.83 bits per heavy atom. The number of Topliss-reactive ketones (excluding diaryl/α,β-unsaturated/α-hetero) is 1. The first-order valence-electron chi connectivity index (χ1n) is 5.41. The Hall–Kier alpha value is -1.56. The van der Waals surface area contributed by atoms with E-state index >= 15 is 0 Å². The van der Waals surface area contributed by atoms with Crippen molar-refractivity contribution in [1.29, 1.82) is 0 Å². The van der Waals surface area contributed by atoms with Gasteiger partial charge in [0.25, 0.3) is 0 Å². The lowest BCUT2D eigenvalue weighted by atomic mass is 9.77. The first-order chi connectivity index (χ1) is 8.30. The van der Waals surface area contributed by atoms with Crippen LogP contribution in [0.25, 0.3) is 0 Å². The van der Waals surface area contributed by atoms with Crippen molar-refractivity contribution >= 4 is 5.78 Å². The summed E-state index contributed by atoms with van der Waals surface area (Å²) in [5, 5.41) is 3.00. The molecule has 0 spiro atoms. The van der Waals surface area contributed by atoms with Crippen molar-refractivity contribution < 1.29 is 22.7 Å². The lowest BCUT2D eigenvalue weighted by molar-refractivity contribution is -0.274. The van der Waals surface area contributed by atoms with E-state index in [1.807, 2.05) is 6.92 Å². The SMILES string of the molecule is CC1(C(=O)c2ccc(OC(F)(F)F)cc2)CNC1. The minimum atomic E-state index is -4.71. The Labute approximate surface area is 102 Å². The van der Waals surface area contributed by atoms with Gasteiger partial charge in [-0.3, -0.25) is 4.79 Å². The van der Waals surface area contributed by atoms with Crippen LogP contribution in [0.15, 0.2) is 24.3 Å². The molecule has 0 aromatic heterocycles. The number of carbonyl (C=O) groups excluding carboxylic acids is 1. The highest BCUT2D eigenvalue weighted by molar-refractivity contribution is 6.01. The third-order valence-electron chi connectivity index (χ3n) is 2.93. The van der Waals surface area contributed by atoms with Gasteiger partial charge in [0.05, 0.1) is 5.41 Å². The number of hydrogen-bond acceptors (Lipinski definition) is 3. The van der Waals surface area contributed by atoms with E-state index in [1.165, 1.54) is 12.1 Å². The van der Waals surface area contributed by atoms with E-state index in [-0.39, 0.29) is 11.5 Å². The summed E-state index contributed by atoms with van der Waals surface area (Å²) in [4.78, 5) is 12.0. The average Bonchev–Trinajstić information content (AvgIpc) is 2.24. The van der Waals surface area contributed by atoms with Crippen molar-refractivity contribution in [3.8, 4) is 5.75 Å². The van der Waals surface area contributed by atoms with E-state index in [0.717, 1.165) is 12.1 Å². The number of ether oxygens (including phenoxy) is 1. The Balaban J connectivity index is 2.10. The Morgan fingerprint density at radius 1 is 1.28 bits per heavy atom. The van der Waals surface area contributed by atoms with Gasteiger partial charge in [0.2, 0.25) is 0 Å². The second-order valence-electron chi connectivity index (χ2n) is 4.57. The number of halogens is 3. The van der Waals surface area contributed by atoms with Crippen LogP contribution in [0, 0.1) is 5.41 Å². The average molecular weight is 259 g/mol. The van der Waals surface area contributed by atoms with E-state index < -0.39 is 11.8 Å². The van der Waals surface area contributed by atoms with Crippen LogP contribution in [0.1, 0.15) is 17.3 Å². The van der Waals surface area contributed by atoms with Gasteiger partial charge in [0.15, 0.2) is 5.78 Å². The molecule has 1 aromatic rings. The second kappa shape index (κ2) is 4.28. The summed E-state index contributed by atoms with van der Waals surface area (Å²) in [5.41, 5.74) is -0.0552. The number of nitrogens with one attached hydrogen (secondary N) is 1. The minimum Gasteiger partial charge on any atom is -0.406 e. The fourth-order valence-corrected chi connectivity index (χ4v) is 1.82. The quantitative estimate of drug-likeness (QED) is 0.847. The Bertz CT molecular complexity index is 449. The van der Waals surface area contributed by atoms with Crippen LogP contribution in [0.4, 0.5) is 13.2 Å². The van der Waals surface area contributed by atoms with Crippen molar-refractivity contribution in [3.63, 3.8) is 0 Å². The molecule has 18 heavy (non-hydrogen) atoms. The molecule has 0 unspecified atom stereocenters. The predicted molar refractivity (Wildman–Crippen MR) is 58.4 cm³/mol. The molecule has 2 rings (SSSR count). The Kier molecular flexibility index (Phi) is 3.06. The summed E-state index contributed by atoms with van der Waals surface area (Å²) in [6.45, 7) is 3.01. The molecule has 1 fully saturated rings. The molecule has 1 aliphatic rings. The summed E-state index contributed by atoms with van der Waals surface area (Å²) < 4.78 is 39.6. The molecule has 0 bridgehead atoms. The highest BCUT2D eigenvalue weighted by Crippen LogP contribution is 2.28. The number of carbonyl (C=O) groups is 1. The maximum absolute atomic E-state index is 12.0. The number of ketones is 1. The number of benzene rings is 1. The van der Waals surface area contributed by atoms with Crippen molar-refractivity contribution in [2.75, 3.05) is 13.1 Å². The van der Waals surface area contributed by atoms with Gasteiger partial charge in [-0.15, -0.1) is 13.2 Å². The lowest BCUT2D eigenvalue weighted by Crippen LogP contribution is -2.56. The lowest BCUT2D eigenvalue weighted by Gasteiger charge is -2.37. The van der Waals surface area contributed by atoms with E-state index in [2.05, 4.69) is 10.1 Å². The maximum atomic E-state index is 12.0. The monoisotopic (exact) mass is 259 g/mol. The summed E-state index contributed by atoms with van der Waals surface area (Å²) >= 11 is 0. The van der Waals surface area contributed by atoms with E-state index in [0.29, 0.717) is 18.7 Å². The van der Waals surface area contributed by atoms with Crippen LogP contribution < -0.4 is 10.1 Å². The van der Waals surface area contributed by atoms with Crippen LogP contribution in [0.3, 0.4) is 0 Å². The first kappa shape index (κ1) is 12.9.